The van der Waals surface area contributed by atoms with Gasteiger partial charge in [0, 0.05) is 32.7 Å². The van der Waals surface area contributed by atoms with Gasteiger partial charge in [0.1, 0.15) is 5.60 Å². The number of likely N-dealkylation sites (N-methyl/N-ethyl adjacent to an activating group) is 1. The van der Waals surface area contributed by atoms with Crippen molar-refractivity contribution in [3.63, 3.8) is 0 Å². The summed E-state index contributed by atoms with van der Waals surface area (Å²) in [6.07, 6.45) is -0.337. The summed E-state index contributed by atoms with van der Waals surface area (Å²) in [5.41, 5.74) is -0.857. The van der Waals surface area contributed by atoms with Gasteiger partial charge in [0.2, 0.25) is 5.91 Å². The molecule has 2 amide bonds. The highest BCUT2D eigenvalue weighted by atomic mass is 16.6. The van der Waals surface area contributed by atoms with Crippen molar-refractivity contribution < 1.29 is 14.3 Å². The Morgan fingerprint density at radius 1 is 1.05 bits per heavy atom. The van der Waals surface area contributed by atoms with Gasteiger partial charge in [0.15, 0.2) is 0 Å². The summed E-state index contributed by atoms with van der Waals surface area (Å²) >= 11 is 0. The molecule has 0 saturated heterocycles. The third-order valence-corrected chi connectivity index (χ3v) is 2.71. The maximum atomic E-state index is 12.2. The quantitative estimate of drug-likeness (QED) is 0.785. The van der Waals surface area contributed by atoms with E-state index in [2.05, 4.69) is 5.32 Å². The first kappa shape index (κ1) is 19.7. The molecule has 0 fully saturated rings. The molecule has 0 heterocycles. The van der Waals surface area contributed by atoms with Crippen molar-refractivity contribution >= 4 is 12.0 Å². The SMILES string of the molecule is CN(C)C(=O)CNCCN(C(=O)OC(C)(C)C)C(C)(C)C. The first-order chi connectivity index (χ1) is 9.34. The van der Waals surface area contributed by atoms with Crippen molar-refractivity contribution in [3.8, 4) is 0 Å². The molecule has 0 unspecified atom stereocenters. The minimum absolute atomic E-state index is 0.00887. The van der Waals surface area contributed by atoms with Gasteiger partial charge < -0.3 is 19.9 Å². The smallest absolute Gasteiger partial charge is 0.410 e. The minimum Gasteiger partial charge on any atom is -0.444 e. The summed E-state index contributed by atoms with van der Waals surface area (Å²) in [5, 5.41) is 3.05. The Morgan fingerprint density at radius 3 is 1.95 bits per heavy atom. The summed E-state index contributed by atoms with van der Waals surface area (Å²) in [6.45, 7) is 12.7. The fraction of sp³-hybridized carbons (Fsp3) is 0.867. The van der Waals surface area contributed by atoms with Crippen molar-refractivity contribution in [2.75, 3.05) is 33.7 Å². The molecule has 0 radical (unpaired) electrons. The van der Waals surface area contributed by atoms with Crippen LogP contribution in [0.3, 0.4) is 0 Å². The number of carbonyl (C=O) groups excluding carboxylic acids is 2. The lowest BCUT2D eigenvalue weighted by Crippen LogP contribution is -2.50. The van der Waals surface area contributed by atoms with Crippen molar-refractivity contribution in [1.82, 2.24) is 15.1 Å². The monoisotopic (exact) mass is 301 g/mol. The highest BCUT2D eigenvalue weighted by Crippen LogP contribution is 2.17. The van der Waals surface area contributed by atoms with Crippen molar-refractivity contribution in [2.24, 2.45) is 0 Å². The molecule has 0 rings (SSSR count). The number of amides is 2. The molecular formula is C15H31N3O3. The lowest BCUT2D eigenvalue weighted by Gasteiger charge is -2.36. The summed E-state index contributed by atoms with van der Waals surface area (Å²) in [4.78, 5) is 26.9. The molecule has 21 heavy (non-hydrogen) atoms. The van der Waals surface area contributed by atoms with Crippen LogP contribution in [0.15, 0.2) is 0 Å². The van der Waals surface area contributed by atoms with Crippen LogP contribution in [0.25, 0.3) is 0 Å². The first-order valence-electron chi connectivity index (χ1n) is 7.26. The van der Waals surface area contributed by atoms with Crippen LogP contribution < -0.4 is 5.32 Å². The van der Waals surface area contributed by atoms with E-state index in [0.29, 0.717) is 13.1 Å². The third kappa shape index (κ3) is 8.55. The van der Waals surface area contributed by atoms with E-state index in [9.17, 15) is 9.59 Å². The molecule has 0 saturated carbocycles. The van der Waals surface area contributed by atoms with E-state index < -0.39 is 5.60 Å². The lowest BCUT2D eigenvalue weighted by atomic mass is 10.1. The second-order valence-corrected chi connectivity index (χ2v) is 7.27. The van der Waals surface area contributed by atoms with Gasteiger partial charge in [-0.3, -0.25) is 4.79 Å². The van der Waals surface area contributed by atoms with Gasteiger partial charge >= 0.3 is 6.09 Å². The summed E-state index contributed by atoms with van der Waals surface area (Å²) in [5.74, 6) is 0.00887. The molecule has 0 aromatic heterocycles. The maximum absolute atomic E-state index is 12.2. The normalized spacial score (nSPS) is 12.0. The minimum atomic E-state index is -0.519. The Hall–Kier alpha value is -1.30. The average molecular weight is 301 g/mol. The number of rotatable bonds is 5. The Balaban J connectivity index is 4.47. The van der Waals surface area contributed by atoms with Crippen LogP contribution in [0.4, 0.5) is 4.79 Å². The predicted octanol–water partition coefficient (Wildman–Crippen LogP) is 1.70. The highest BCUT2D eigenvalue weighted by molar-refractivity contribution is 5.77. The Bertz CT molecular complexity index is 354. The lowest BCUT2D eigenvalue weighted by molar-refractivity contribution is -0.127. The van der Waals surface area contributed by atoms with Crippen LogP contribution >= 0.6 is 0 Å². The van der Waals surface area contributed by atoms with Gasteiger partial charge in [0.05, 0.1) is 6.54 Å². The zero-order valence-electron chi connectivity index (χ0n) is 14.7. The molecule has 6 nitrogen and oxygen atoms in total. The number of hydrogen-bond acceptors (Lipinski definition) is 4. The predicted molar refractivity (Wildman–Crippen MR) is 84.3 cm³/mol. The zero-order chi connectivity index (χ0) is 16.8. The van der Waals surface area contributed by atoms with Crippen LogP contribution in [-0.2, 0) is 9.53 Å². The molecular weight excluding hydrogens is 270 g/mol. The molecule has 0 aromatic carbocycles. The second-order valence-electron chi connectivity index (χ2n) is 7.27. The molecule has 0 atom stereocenters. The van der Waals surface area contributed by atoms with Crippen LogP contribution in [0, 0.1) is 0 Å². The molecule has 6 heteroatoms. The number of ether oxygens (including phenoxy) is 1. The summed E-state index contributed by atoms with van der Waals surface area (Å²) in [6, 6.07) is 0. The topological polar surface area (TPSA) is 61.9 Å². The molecule has 0 aliphatic heterocycles. The number of hydrogen-bond donors (Lipinski definition) is 1. The van der Waals surface area contributed by atoms with E-state index >= 15 is 0 Å². The Morgan fingerprint density at radius 2 is 1.57 bits per heavy atom. The Kier molecular flexibility index (Phi) is 7.16. The standard InChI is InChI=1S/C15H31N3O3/c1-14(2,3)18(13(20)21-15(4,5)6)10-9-16-11-12(19)17(7)8/h16H,9-11H2,1-8H3. The third-order valence-electron chi connectivity index (χ3n) is 2.71. The molecule has 1 N–H and O–H groups in total. The Labute approximate surface area is 128 Å². The van der Waals surface area contributed by atoms with Gasteiger partial charge in [0.25, 0.3) is 0 Å². The van der Waals surface area contributed by atoms with Gasteiger partial charge in [-0.05, 0) is 41.5 Å². The molecule has 124 valence electrons. The maximum Gasteiger partial charge on any atom is 0.410 e. The number of carbonyl (C=O) groups is 2. The van der Waals surface area contributed by atoms with E-state index in [1.165, 1.54) is 4.90 Å². The average Bonchev–Trinajstić information content (AvgIpc) is 2.23. The zero-order valence-corrected chi connectivity index (χ0v) is 14.7. The van der Waals surface area contributed by atoms with Crippen LogP contribution in [0.2, 0.25) is 0 Å². The number of nitrogens with one attached hydrogen (secondary N) is 1. The second kappa shape index (κ2) is 7.64. The van der Waals surface area contributed by atoms with Gasteiger partial charge in [-0.2, -0.15) is 0 Å². The van der Waals surface area contributed by atoms with Crippen LogP contribution in [-0.4, -0.2) is 66.7 Å². The van der Waals surface area contributed by atoms with E-state index in [1.54, 1.807) is 19.0 Å². The van der Waals surface area contributed by atoms with Gasteiger partial charge in [-0.25, -0.2) is 4.79 Å². The summed E-state index contributed by atoms with van der Waals surface area (Å²) < 4.78 is 5.43. The van der Waals surface area contributed by atoms with Crippen LogP contribution in [0.5, 0.6) is 0 Å². The fourth-order valence-corrected chi connectivity index (χ4v) is 1.56. The van der Waals surface area contributed by atoms with Gasteiger partial charge in [-0.1, -0.05) is 0 Å². The first-order valence-corrected chi connectivity index (χ1v) is 7.26. The molecule has 0 aliphatic carbocycles. The van der Waals surface area contributed by atoms with Crippen molar-refractivity contribution in [1.29, 1.82) is 0 Å². The molecule has 0 spiro atoms. The van der Waals surface area contributed by atoms with E-state index in [4.69, 9.17) is 4.74 Å². The van der Waals surface area contributed by atoms with Crippen molar-refractivity contribution in [2.45, 2.75) is 52.7 Å². The van der Waals surface area contributed by atoms with Gasteiger partial charge in [-0.15, -0.1) is 0 Å². The molecule has 0 aliphatic rings. The van der Waals surface area contributed by atoms with E-state index in [0.717, 1.165) is 0 Å². The molecule has 0 bridgehead atoms. The van der Waals surface area contributed by atoms with Crippen molar-refractivity contribution in [3.05, 3.63) is 0 Å². The molecule has 0 aromatic rings. The van der Waals surface area contributed by atoms with E-state index in [-0.39, 0.29) is 24.1 Å². The summed E-state index contributed by atoms with van der Waals surface area (Å²) in [7, 11) is 3.43. The fourth-order valence-electron chi connectivity index (χ4n) is 1.56. The largest absolute Gasteiger partial charge is 0.444 e. The van der Waals surface area contributed by atoms with Crippen LogP contribution in [0.1, 0.15) is 41.5 Å². The number of nitrogens with zero attached hydrogens (tertiary/aromatic N) is 2. The van der Waals surface area contributed by atoms with E-state index in [1.807, 2.05) is 41.5 Å². The highest BCUT2D eigenvalue weighted by Gasteiger charge is 2.30.